The molecule has 11 heteroatoms. The summed E-state index contributed by atoms with van der Waals surface area (Å²) in [5.74, 6) is -0.939. The van der Waals surface area contributed by atoms with Crippen LogP contribution in [0.5, 0.6) is 0 Å². The molecule has 0 fully saturated rings. The number of carbonyl (C=O) groups is 2. The van der Waals surface area contributed by atoms with E-state index < -0.39 is 51.8 Å². The number of phosphoric ester groups is 1. The minimum Gasteiger partial charge on any atom is -0.462 e. The third-order valence-electron chi connectivity index (χ3n) is 9.27. The first-order valence-electron chi connectivity index (χ1n) is 21.9. The van der Waals surface area contributed by atoms with Crippen molar-refractivity contribution in [2.24, 2.45) is 0 Å². The second-order valence-electron chi connectivity index (χ2n) is 14.7. The van der Waals surface area contributed by atoms with E-state index in [0.717, 1.165) is 70.6 Å². The van der Waals surface area contributed by atoms with Gasteiger partial charge < -0.3 is 24.6 Å². The van der Waals surface area contributed by atoms with Crippen molar-refractivity contribution >= 4 is 19.8 Å². The van der Waals surface area contributed by atoms with Crippen molar-refractivity contribution < 1.29 is 47.8 Å². The molecule has 0 aliphatic heterocycles. The Morgan fingerprint density at radius 3 is 1.47 bits per heavy atom. The van der Waals surface area contributed by atoms with E-state index >= 15 is 0 Å². The lowest BCUT2D eigenvalue weighted by Gasteiger charge is -2.20. The van der Waals surface area contributed by atoms with Crippen LogP contribution in [0.1, 0.15) is 194 Å². The fourth-order valence-corrected chi connectivity index (χ4v) is 6.62. The number of hydrogen-bond acceptors (Lipinski definition) is 9. The maximum absolute atomic E-state index is 12.6. The Morgan fingerprint density at radius 2 is 0.964 bits per heavy atom. The van der Waals surface area contributed by atoms with Gasteiger partial charge in [-0.2, -0.15) is 0 Å². The van der Waals surface area contributed by atoms with Crippen LogP contribution in [0.15, 0.2) is 36.5 Å². The zero-order valence-electron chi connectivity index (χ0n) is 34.9. The molecule has 0 bridgehead atoms. The van der Waals surface area contributed by atoms with E-state index in [2.05, 4.69) is 54.8 Å². The van der Waals surface area contributed by atoms with Gasteiger partial charge in [0.2, 0.25) is 0 Å². The van der Waals surface area contributed by atoms with Gasteiger partial charge in [0.05, 0.1) is 19.8 Å². The van der Waals surface area contributed by atoms with E-state index in [1.54, 1.807) is 0 Å². The minimum absolute atomic E-state index is 0.178. The van der Waals surface area contributed by atoms with Gasteiger partial charge >= 0.3 is 19.8 Å². The largest absolute Gasteiger partial charge is 0.472 e. The zero-order valence-corrected chi connectivity index (χ0v) is 35.8. The first kappa shape index (κ1) is 53.2. The van der Waals surface area contributed by atoms with Gasteiger partial charge in [-0.05, 0) is 64.2 Å². The highest BCUT2D eigenvalue weighted by Crippen LogP contribution is 2.43. The van der Waals surface area contributed by atoms with Crippen LogP contribution < -0.4 is 0 Å². The number of allylic oxidation sites excluding steroid dienone is 6. The van der Waals surface area contributed by atoms with E-state index in [4.69, 9.17) is 19.1 Å². The summed E-state index contributed by atoms with van der Waals surface area (Å²) in [5, 5.41) is 18.3. The molecule has 0 rings (SSSR count). The summed E-state index contributed by atoms with van der Waals surface area (Å²) in [5.41, 5.74) is 0. The van der Waals surface area contributed by atoms with Crippen LogP contribution in [0.2, 0.25) is 0 Å². The van der Waals surface area contributed by atoms with E-state index in [0.29, 0.717) is 12.8 Å². The van der Waals surface area contributed by atoms with Crippen LogP contribution in [0.4, 0.5) is 0 Å². The van der Waals surface area contributed by atoms with Crippen LogP contribution in [0, 0.1) is 0 Å². The SMILES string of the molecule is CCCC/C=C\CCCCCCCC(=O)OCC(COP(=O)(O)OCC(O)CO)OC(=O)CCCCCCCCCCC/C=C\C/C=C\CCCCCCC. The third kappa shape index (κ3) is 40.2. The number of ether oxygens (including phenoxy) is 2. The molecular weight excluding hydrogens is 719 g/mol. The molecule has 0 aromatic rings. The van der Waals surface area contributed by atoms with Crippen LogP contribution in [-0.4, -0.2) is 65.7 Å². The van der Waals surface area contributed by atoms with Gasteiger partial charge in [0.25, 0.3) is 0 Å². The molecule has 0 saturated carbocycles. The van der Waals surface area contributed by atoms with Gasteiger partial charge in [0.1, 0.15) is 12.7 Å². The molecule has 3 N–H and O–H groups in total. The summed E-state index contributed by atoms with van der Waals surface area (Å²) in [6, 6.07) is 0. The Bertz CT molecular complexity index is 1010. The minimum atomic E-state index is -4.62. The number of esters is 2. The molecule has 0 spiro atoms. The fourth-order valence-electron chi connectivity index (χ4n) is 5.83. The quantitative estimate of drug-likeness (QED) is 0.0236. The lowest BCUT2D eigenvalue weighted by atomic mass is 10.1. The van der Waals surface area contributed by atoms with Crippen molar-refractivity contribution in [2.45, 2.75) is 206 Å². The van der Waals surface area contributed by atoms with Crippen LogP contribution in [0.3, 0.4) is 0 Å². The number of rotatable bonds is 41. The van der Waals surface area contributed by atoms with Gasteiger partial charge in [0.15, 0.2) is 6.10 Å². The lowest BCUT2D eigenvalue weighted by Crippen LogP contribution is -2.29. The number of hydrogen-bond donors (Lipinski definition) is 3. The highest BCUT2D eigenvalue weighted by atomic mass is 31.2. The van der Waals surface area contributed by atoms with Crippen molar-refractivity contribution in [2.75, 3.05) is 26.4 Å². The molecule has 0 aromatic carbocycles. The van der Waals surface area contributed by atoms with Gasteiger partial charge in [-0.3, -0.25) is 18.6 Å². The van der Waals surface area contributed by atoms with Gasteiger partial charge in [-0.1, -0.05) is 153 Å². The van der Waals surface area contributed by atoms with Crippen LogP contribution in [0.25, 0.3) is 0 Å². The van der Waals surface area contributed by atoms with E-state index in [1.807, 2.05) is 0 Å². The number of unbranched alkanes of at least 4 members (excludes halogenated alkanes) is 21. The Hall–Kier alpha value is -1.81. The number of aliphatic hydroxyl groups is 2. The maximum atomic E-state index is 12.6. The van der Waals surface area contributed by atoms with E-state index in [1.165, 1.54) is 83.5 Å². The van der Waals surface area contributed by atoms with Gasteiger partial charge in [-0.25, -0.2) is 4.57 Å². The normalized spacial score (nSPS) is 14.2. The van der Waals surface area contributed by atoms with E-state index in [9.17, 15) is 24.2 Å². The second kappa shape index (κ2) is 40.4. The molecule has 0 aliphatic rings. The van der Waals surface area contributed by atoms with Crippen LogP contribution >= 0.6 is 7.82 Å². The second-order valence-corrected chi connectivity index (χ2v) is 16.2. The summed E-state index contributed by atoms with van der Waals surface area (Å²) >= 11 is 0. The molecular formula is C44H81O10P. The predicted molar refractivity (Wildman–Crippen MR) is 224 cm³/mol. The van der Waals surface area contributed by atoms with Crippen molar-refractivity contribution in [1.29, 1.82) is 0 Å². The lowest BCUT2D eigenvalue weighted by molar-refractivity contribution is -0.161. The van der Waals surface area contributed by atoms with Crippen molar-refractivity contribution in [3.63, 3.8) is 0 Å². The van der Waals surface area contributed by atoms with Gasteiger partial charge in [0, 0.05) is 12.8 Å². The summed E-state index contributed by atoms with van der Waals surface area (Å²) < 4.78 is 32.7. The van der Waals surface area contributed by atoms with Crippen molar-refractivity contribution in [3.8, 4) is 0 Å². The summed E-state index contributed by atoms with van der Waals surface area (Å²) in [6.07, 6.45) is 41.1. The molecule has 10 nitrogen and oxygen atoms in total. The van der Waals surface area contributed by atoms with Crippen molar-refractivity contribution in [1.82, 2.24) is 0 Å². The molecule has 0 saturated heterocycles. The molecule has 3 unspecified atom stereocenters. The van der Waals surface area contributed by atoms with Gasteiger partial charge in [-0.15, -0.1) is 0 Å². The standard InChI is InChI=1S/C44H81O10P/c1-3-5-7-9-11-13-15-16-17-18-19-20-21-22-23-24-26-28-30-32-34-36-44(48)54-42(40-53-55(49,50)52-38-41(46)37-45)39-51-43(47)35-33-31-29-27-25-14-12-10-8-6-4-2/h10,12,15-16,18-19,41-42,45-46H,3-9,11,13-14,17,20-40H2,1-2H3,(H,49,50)/b12-10-,16-15-,19-18-. The number of phosphoric acid groups is 1. The molecule has 0 heterocycles. The molecule has 0 amide bonds. The number of carbonyl (C=O) groups excluding carboxylic acids is 2. The summed E-state index contributed by atoms with van der Waals surface area (Å²) in [6.45, 7) is 2.32. The highest BCUT2D eigenvalue weighted by Gasteiger charge is 2.27. The Balaban J connectivity index is 4.24. The molecule has 3 atom stereocenters. The predicted octanol–water partition coefficient (Wildman–Crippen LogP) is 11.6. The molecule has 0 aromatic heterocycles. The van der Waals surface area contributed by atoms with E-state index in [-0.39, 0.29) is 19.4 Å². The van der Waals surface area contributed by atoms with Crippen molar-refractivity contribution in [3.05, 3.63) is 36.5 Å². The Labute approximate surface area is 335 Å². The van der Waals surface area contributed by atoms with Crippen LogP contribution in [-0.2, 0) is 32.7 Å². The smallest absolute Gasteiger partial charge is 0.462 e. The average molecular weight is 801 g/mol. The molecule has 55 heavy (non-hydrogen) atoms. The Morgan fingerprint density at radius 1 is 0.545 bits per heavy atom. The molecule has 0 aliphatic carbocycles. The first-order chi connectivity index (χ1) is 26.7. The summed E-state index contributed by atoms with van der Waals surface area (Å²) in [7, 11) is -4.62. The first-order valence-corrected chi connectivity index (χ1v) is 23.4. The Kier molecular flexibility index (Phi) is 39.1. The maximum Gasteiger partial charge on any atom is 0.472 e. The number of aliphatic hydroxyl groups excluding tert-OH is 2. The molecule has 0 radical (unpaired) electrons. The average Bonchev–Trinajstić information content (AvgIpc) is 3.17. The third-order valence-corrected chi connectivity index (χ3v) is 10.2. The highest BCUT2D eigenvalue weighted by molar-refractivity contribution is 7.47. The monoisotopic (exact) mass is 801 g/mol. The zero-order chi connectivity index (χ0) is 40.5. The summed E-state index contributed by atoms with van der Waals surface area (Å²) in [4.78, 5) is 34.9. The topological polar surface area (TPSA) is 149 Å². The molecule has 322 valence electrons. The fraction of sp³-hybridized carbons (Fsp3) is 0.818.